The minimum atomic E-state index is -4.19. The molecule has 0 aromatic heterocycles. The number of anilines is 2. The molecule has 36 heavy (non-hydrogen) atoms. The van der Waals surface area contributed by atoms with Crippen molar-refractivity contribution in [1.82, 2.24) is 0 Å². The standard InChI is InChI=1S/C25H27ClN2O7S/c1-16-6-8-17(9-7-16)28(36(30,31)18-10-11-21(32-2)24(12-18)35-5)15-25(29)27-20-14-22(33-3)19(26)13-23(20)34-4/h6-14H,15H2,1-5H3,(H,27,29). The molecule has 1 N–H and O–H groups in total. The monoisotopic (exact) mass is 534 g/mol. The van der Waals surface area contributed by atoms with E-state index >= 15 is 0 Å². The molecular formula is C25H27ClN2O7S. The van der Waals surface area contributed by atoms with Gasteiger partial charge in [0.25, 0.3) is 10.0 Å². The summed E-state index contributed by atoms with van der Waals surface area (Å²) in [5.74, 6) is 0.618. The second kappa shape index (κ2) is 11.4. The predicted octanol–water partition coefficient (Wildman–Crippen LogP) is 4.52. The van der Waals surface area contributed by atoms with Crippen molar-refractivity contribution in [2.75, 3.05) is 44.6 Å². The number of methoxy groups -OCH3 is 4. The fourth-order valence-electron chi connectivity index (χ4n) is 3.41. The van der Waals surface area contributed by atoms with Gasteiger partial charge in [-0.05, 0) is 31.2 Å². The Kier molecular flexibility index (Phi) is 8.54. The normalized spacial score (nSPS) is 10.9. The van der Waals surface area contributed by atoms with E-state index in [1.165, 1.54) is 58.8 Å². The van der Waals surface area contributed by atoms with Gasteiger partial charge in [-0.1, -0.05) is 29.3 Å². The Balaban J connectivity index is 2.01. The van der Waals surface area contributed by atoms with Crippen LogP contribution in [-0.4, -0.2) is 49.3 Å². The second-order valence-electron chi connectivity index (χ2n) is 7.60. The molecule has 9 nitrogen and oxygen atoms in total. The third-order valence-corrected chi connectivity index (χ3v) is 7.37. The lowest BCUT2D eigenvalue weighted by atomic mass is 10.2. The summed E-state index contributed by atoms with van der Waals surface area (Å²) >= 11 is 6.14. The highest BCUT2D eigenvalue weighted by atomic mass is 35.5. The van der Waals surface area contributed by atoms with Crippen molar-refractivity contribution in [1.29, 1.82) is 0 Å². The first kappa shape index (κ1) is 27.0. The number of hydrogen-bond donors (Lipinski definition) is 1. The van der Waals surface area contributed by atoms with Crippen molar-refractivity contribution in [3.63, 3.8) is 0 Å². The lowest BCUT2D eigenvalue weighted by molar-refractivity contribution is -0.114. The Labute approximate surface area is 215 Å². The average molecular weight is 535 g/mol. The largest absolute Gasteiger partial charge is 0.495 e. The van der Waals surface area contributed by atoms with Gasteiger partial charge >= 0.3 is 0 Å². The molecule has 0 aliphatic heterocycles. The fraction of sp³-hybridized carbons (Fsp3) is 0.240. The zero-order valence-corrected chi connectivity index (χ0v) is 22.1. The zero-order chi connectivity index (χ0) is 26.5. The first-order valence-electron chi connectivity index (χ1n) is 10.7. The summed E-state index contributed by atoms with van der Waals surface area (Å²) in [5, 5.41) is 2.98. The van der Waals surface area contributed by atoms with Crippen LogP contribution in [0.15, 0.2) is 59.5 Å². The highest BCUT2D eigenvalue weighted by Gasteiger charge is 2.29. The molecule has 0 fully saturated rings. The van der Waals surface area contributed by atoms with Crippen molar-refractivity contribution in [3.8, 4) is 23.0 Å². The summed E-state index contributed by atoms with van der Waals surface area (Å²) in [6.07, 6.45) is 0. The lowest BCUT2D eigenvalue weighted by Crippen LogP contribution is -2.38. The molecule has 0 saturated heterocycles. The number of sulfonamides is 1. The molecule has 3 rings (SSSR count). The number of rotatable bonds is 10. The molecule has 192 valence electrons. The van der Waals surface area contributed by atoms with Crippen molar-refractivity contribution in [3.05, 3.63) is 65.2 Å². The van der Waals surface area contributed by atoms with E-state index in [4.69, 9.17) is 30.5 Å². The second-order valence-corrected chi connectivity index (χ2v) is 9.87. The molecule has 3 aromatic rings. The van der Waals surface area contributed by atoms with Gasteiger partial charge in [-0.25, -0.2) is 8.42 Å². The van der Waals surface area contributed by atoms with E-state index in [9.17, 15) is 13.2 Å². The molecule has 0 unspecified atom stereocenters. The first-order chi connectivity index (χ1) is 17.1. The van der Waals surface area contributed by atoms with Gasteiger partial charge in [-0.2, -0.15) is 0 Å². The maximum absolute atomic E-state index is 13.7. The molecule has 0 atom stereocenters. The Morgan fingerprint density at radius 3 is 2.03 bits per heavy atom. The van der Waals surface area contributed by atoms with E-state index < -0.39 is 22.5 Å². The summed E-state index contributed by atoms with van der Waals surface area (Å²) in [4.78, 5) is 13.1. The molecule has 0 bridgehead atoms. The number of aryl methyl sites for hydroxylation is 1. The van der Waals surface area contributed by atoms with Crippen molar-refractivity contribution >= 4 is 38.9 Å². The molecule has 11 heteroatoms. The summed E-state index contributed by atoms with van der Waals surface area (Å²) in [5.41, 5.74) is 1.52. The number of amides is 1. The predicted molar refractivity (Wildman–Crippen MR) is 138 cm³/mol. The third-order valence-electron chi connectivity index (χ3n) is 5.30. The van der Waals surface area contributed by atoms with Gasteiger partial charge in [-0.3, -0.25) is 9.10 Å². The Hall–Kier alpha value is -3.63. The van der Waals surface area contributed by atoms with Crippen LogP contribution < -0.4 is 28.6 Å². The molecule has 0 radical (unpaired) electrons. The van der Waals surface area contributed by atoms with Crippen molar-refractivity contribution < 1.29 is 32.2 Å². The van der Waals surface area contributed by atoms with Gasteiger partial charge < -0.3 is 24.3 Å². The molecule has 0 heterocycles. The van der Waals surface area contributed by atoms with Crippen LogP contribution in [0.3, 0.4) is 0 Å². The summed E-state index contributed by atoms with van der Waals surface area (Å²) in [6, 6.07) is 14.0. The topological polar surface area (TPSA) is 103 Å². The van der Waals surface area contributed by atoms with Crippen LogP contribution in [0, 0.1) is 6.92 Å². The van der Waals surface area contributed by atoms with E-state index in [2.05, 4.69) is 5.32 Å². The van der Waals surface area contributed by atoms with Crippen molar-refractivity contribution in [2.45, 2.75) is 11.8 Å². The van der Waals surface area contributed by atoms with Gasteiger partial charge in [0.1, 0.15) is 18.0 Å². The summed E-state index contributed by atoms with van der Waals surface area (Å²) in [6.45, 7) is 1.36. The summed E-state index contributed by atoms with van der Waals surface area (Å²) in [7, 11) is 1.54. The molecular weight excluding hydrogens is 508 g/mol. The van der Waals surface area contributed by atoms with Gasteiger partial charge in [-0.15, -0.1) is 0 Å². The van der Waals surface area contributed by atoms with Crippen LogP contribution in [0.1, 0.15) is 5.56 Å². The quantitative estimate of drug-likeness (QED) is 0.408. The zero-order valence-electron chi connectivity index (χ0n) is 20.5. The molecule has 0 aliphatic rings. The van der Waals surface area contributed by atoms with Crippen LogP contribution in [0.25, 0.3) is 0 Å². The van der Waals surface area contributed by atoms with Gasteiger partial charge in [0, 0.05) is 18.2 Å². The van der Waals surface area contributed by atoms with Crippen LogP contribution >= 0.6 is 11.6 Å². The summed E-state index contributed by atoms with van der Waals surface area (Å²) < 4.78 is 49.5. The first-order valence-corrected chi connectivity index (χ1v) is 12.5. The molecule has 0 spiro atoms. The van der Waals surface area contributed by atoms with E-state index in [1.807, 2.05) is 6.92 Å². The molecule has 1 amide bonds. The van der Waals surface area contributed by atoms with Gasteiger partial charge in [0.2, 0.25) is 5.91 Å². The third kappa shape index (κ3) is 5.77. The highest BCUT2D eigenvalue weighted by Crippen LogP contribution is 2.36. The number of hydrogen-bond acceptors (Lipinski definition) is 7. The average Bonchev–Trinajstić information content (AvgIpc) is 2.88. The minimum absolute atomic E-state index is 0.0701. The van der Waals surface area contributed by atoms with E-state index in [1.54, 1.807) is 24.3 Å². The van der Waals surface area contributed by atoms with Crippen molar-refractivity contribution in [2.24, 2.45) is 0 Å². The molecule has 3 aromatic carbocycles. The number of carbonyl (C=O) groups excluding carboxylic acids is 1. The van der Waals surface area contributed by atoms with Crippen LogP contribution in [-0.2, 0) is 14.8 Å². The number of carbonyl (C=O) groups is 1. The van der Waals surface area contributed by atoms with E-state index in [-0.39, 0.29) is 16.3 Å². The Morgan fingerprint density at radius 2 is 1.44 bits per heavy atom. The molecule has 0 saturated carbocycles. The molecule has 0 aliphatic carbocycles. The van der Waals surface area contributed by atoms with E-state index in [0.29, 0.717) is 28.0 Å². The number of ether oxygens (including phenoxy) is 4. The smallest absolute Gasteiger partial charge is 0.264 e. The van der Waals surface area contributed by atoms with Crippen LogP contribution in [0.4, 0.5) is 11.4 Å². The van der Waals surface area contributed by atoms with Gasteiger partial charge in [0.15, 0.2) is 11.5 Å². The Bertz CT molecular complexity index is 1350. The highest BCUT2D eigenvalue weighted by molar-refractivity contribution is 7.92. The number of benzene rings is 3. The number of nitrogens with zero attached hydrogens (tertiary/aromatic N) is 1. The Morgan fingerprint density at radius 1 is 0.833 bits per heavy atom. The maximum Gasteiger partial charge on any atom is 0.264 e. The SMILES string of the molecule is COc1cc(NC(=O)CN(c2ccc(C)cc2)S(=O)(=O)c2ccc(OC)c(OC)c2)c(OC)cc1Cl. The fourth-order valence-corrected chi connectivity index (χ4v) is 5.08. The number of nitrogens with one attached hydrogen (secondary N) is 1. The minimum Gasteiger partial charge on any atom is -0.495 e. The van der Waals surface area contributed by atoms with Crippen LogP contribution in [0.5, 0.6) is 23.0 Å². The van der Waals surface area contributed by atoms with Crippen LogP contribution in [0.2, 0.25) is 5.02 Å². The van der Waals surface area contributed by atoms with E-state index in [0.717, 1.165) is 9.87 Å². The number of halogens is 1. The van der Waals surface area contributed by atoms with Gasteiger partial charge in [0.05, 0.1) is 49.7 Å². The lowest BCUT2D eigenvalue weighted by Gasteiger charge is -2.25. The maximum atomic E-state index is 13.7.